The van der Waals surface area contributed by atoms with Gasteiger partial charge in [-0.2, -0.15) is 0 Å². The molecular weight excluding hydrogens is 198 g/mol. The second kappa shape index (κ2) is 9.68. The molecule has 0 aliphatic carbocycles. The van der Waals surface area contributed by atoms with Crippen LogP contribution in [-0.2, 0) is 4.79 Å². The van der Waals surface area contributed by atoms with Crippen molar-refractivity contribution in [2.45, 2.75) is 66.2 Å². The average molecular weight is 227 g/mol. The second-order valence-electron chi connectivity index (χ2n) is 5.13. The molecule has 0 fully saturated rings. The molecule has 0 unspecified atom stereocenters. The summed E-state index contributed by atoms with van der Waals surface area (Å²) >= 11 is 0. The van der Waals surface area contributed by atoms with Crippen LogP contribution in [0.2, 0.25) is 0 Å². The first kappa shape index (κ1) is 15.5. The topological polar surface area (TPSA) is 20.3 Å². The van der Waals surface area contributed by atoms with Crippen molar-refractivity contribution in [2.75, 3.05) is 13.1 Å². The quantitative estimate of drug-likeness (QED) is 0.548. The monoisotopic (exact) mass is 227 g/mol. The van der Waals surface area contributed by atoms with Crippen LogP contribution in [0.4, 0.5) is 0 Å². The van der Waals surface area contributed by atoms with Gasteiger partial charge in [0.1, 0.15) is 0 Å². The van der Waals surface area contributed by atoms with E-state index < -0.39 is 0 Å². The fourth-order valence-corrected chi connectivity index (χ4v) is 1.90. The maximum Gasteiger partial charge on any atom is 0.219 e. The lowest BCUT2D eigenvalue weighted by atomic mass is 10.1. The zero-order valence-electron chi connectivity index (χ0n) is 11.6. The van der Waals surface area contributed by atoms with Crippen molar-refractivity contribution in [3.63, 3.8) is 0 Å². The molecule has 96 valence electrons. The van der Waals surface area contributed by atoms with Crippen molar-refractivity contribution in [2.24, 2.45) is 5.92 Å². The van der Waals surface area contributed by atoms with E-state index in [4.69, 9.17) is 0 Å². The van der Waals surface area contributed by atoms with E-state index in [1.165, 1.54) is 32.1 Å². The van der Waals surface area contributed by atoms with Crippen LogP contribution in [0.25, 0.3) is 0 Å². The molecule has 0 aromatic carbocycles. The Bertz CT molecular complexity index is 178. The van der Waals surface area contributed by atoms with Crippen LogP contribution in [0, 0.1) is 5.92 Å². The number of nitrogens with zero attached hydrogens (tertiary/aromatic N) is 1. The van der Waals surface area contributed by atoms with E-state index in [0.717, 1.165) is 19.5 Å². The van der Waals surface area contributed by atoms with Gasteiger partial charge in [0.05, 0.1) is 0 Å². The molecule has 16 heavy (non-hydrogen) atoms. The Morgan fingerprint density at radius 1 is 1.06 bits per heavy atom. The fourth-order valence-electron chi connectivity index (χ4n) is 1.90. The van der Waals surface area contributed by atoms with Gasteiger partial charge in [-0.3, -0.25) is 4.79 Å². The summed E-state index contributed by atoms with van der Waals surface area (Å²) in [6.45, 7) is 10.1. The molecule has 0 rings (SSSR count). The summed E-state index contributed by atoms with van der Waals surface area (Å²) in [6.07, 6.45) is 7.75. The Kier molecular flexibility index (Phi) is 9.36. The first-order valence-corrected chi connectivity index (χ1v) is 6.83. The molecule has 0 N–H and O–H groups in total. The summed E-state index contributed by atoms with van der Waals surface area (Å²) in [4.78, 5) is 13.4. The molecule has 0 spiro atoms. The molecule has 2 nitrogen and oxygen atoms in total. The molecule has 0 aliphatic heterocycles. The van der Waals surface area contributed by atoms with Gasteiger partial charge in [0, 0.05) is 20.0 Å². The van der Waals surface area contributed by atoms with Crippen LogP contribution in [0.1, 0.15) is 66.2 Å². The predicted octanol–water partition coefficient (Wildman–Crippen LogP) is 3.85. The van der Waals surface area contributed by atoms with Crippen LogP contribution >= 0.6 is 0 Å². The number of rotatable bonds is 9. The van der Waals surface area contributed by atoms with Crippen LogP contribution in [0.15, 0.2) is 0 Å². The Morgan fingerprint density at radius 3 is 2.12 bits per heavy atom. The van der Waals surface area contributed by atoms with E-state index in [9.17, 15) is 4.79 Å². The summed E-state index contributed by atoms with van der Waals surface area (Å²) in [5.41, 5.74) is 0. The summed E-state index contributed by atoms with van der Waals surface area (Å²) in [6, 6.07) is 0. The van der Waals surface area contributed by atoms with E-state index in [1.54, 1.807) is 6.92 Å². The minimum atomic E-state index is 0.224. The summed E-state index contributed by atoms with van der Waals surface area (Å²) in [7, 11) is 0. The maximum absolute atomic E-state index is 11.4. The van der Waals surface area contributed by atoms with Crippen LogP contribution < -0.4 is 0 Å². The van der Waals surface area contributed by atoms with Crippen LogP contribution in [0.3, 0.4) is 0 Å². The maximum atomic E-state index is 11.4. The summed E-state index contributed by atoms with van der Waals surface area (Å²) < 4.78 is 0. The predicted molar refractivity (Wildman–Crippen MR) is 70.5 cm³/mol. The third-order valence-corrected chi connectivity index (χ3v) is 2.81. The van der Waals surface area contributed by atoms with Crippen LogP contribution in [0.5, 0.6) is 0 Å². The van der Waals surface area contributed by atoms with Gasteiger partial charge >= 0.3 is 0 Å². The number of amides is 1. The van der Waals surface area contributed by atoms with Crippen molar-refractivity contribution in [3.8, 4) is 0 Å². The number of unbranched alkanes of at least 4 members (excludes halogenated alkanes) is 5. The minimum absolute atomic E-state index is 0.224. The van der Waals surface area contributed by atoms with E-state index in [0.29, 0.717) is 5.92 Å². The van der Waals surface area contributed by atoms with Crippen molar-refractivity contribution in [1.29, 1.82) is 0 Å². The smallest absolute Gasteiger partial charge is 0.219 e. The minimum Gasteiger partial charge on any atom is -0.343 e. The van der Waals surface area contributed by atoms with Crippen molar-refractivity contribution in [1.82, 2.24) is 4.90 Å². The van der Waals surface area contributed by atoms with Crippen molar-refractivity contribution in [3.05, 3.63) is 0 Å². The van der Waals surface area contributed by atoms with Gasteiger partial charge < -0.3 is 4.90 Å². The van der Waals surface area contributed by atoms with Gasteiger partial charge in [0.15, 0.2) is 0 Å². The molecule has 0 aromatic heterocycles. The molecule has 1 amide bonds. The van der Waals surface area contributed by atoms with Crippen molar-refractivity contribution >= 4 is 5.91 Å². The standard InChI is InChI=1S/C14H29NO/c1-5-6-7-8-9-10-11-15(14(4)16)12-13(2)3/h13H,5-12H2,1-4H3. The molecule has 0 aliphatic rings. The second-order valence-corrected chi connectivity index (χ2v) is 5.13. The number of hydrogen-bond donors (Lipinski definition) is 0. The first-order valence-electron chi connectivity index (χ1n) is 6.83. The first-order chi connectivity index (χ1) is 7.57. The Hall–Kier alpha value is -0.530. The SMILES string of the molecule is CCCCCCCCN(CC(C)C)C(C)=O. The molecule has 0 radical (unpaired) electrons. The molecule has 0 saturated carbocycles. The van der Waals surface area contributed by atoms with Gasteiger partial charge in [-0.05, 0) is 12.3 Å². The van der Waals surface area contributed by atoms with Gasteiger partial charge in [0.2, 0.25) is 5.91 Å². The zero-order chi connectivity index (χ0) is 12.4. The Morgan fingerprint density at radius 2 is 1.62 bits per heavy atom. The van der Waals surface area contributed by atoms with Gasteiger partial charge in [-0.1, -0.05) is 52.9 Å². The lowest BCUT2D eigenvalue weighted by Gasteiger charge is -2.23. The number of carbonyl (C=O) groups is 1. The third kappa shape index (κ3) is 8.75. The number of hydrogen-bond acceptors (Lipinski definition) is 1. The highest BCUT2D eigenvalue weighted by Crippen LogP contribution is 2.07. The molecule has 0 aromatic rings. The van der Waals surface area contributed by atoms with Crippen molar-refractivity contribution < 1.29 is 4.79 Å². The zero-order valence-corrected chi connectivity index (χ0v) is 11.6. The highest BCUT2D eigenvalue weighted by atomic mass is 16.2. The van der Waals surface area contributed by atoms with E-state index in [1.807, 2.05) is 4.90 Å². The normalized spacial score (nSPS) is 10.8. The summed E-state index contributed by atoms with van der Waals surface area (Å²) in [5, 5.41) is 0. The van der Waals surface area contributed by atoms with E-state index in [2.05, 4.69) is 20.8 Å². The highest BCUT2D eigenvalue weighted by molar-refractivity contribution is 5.73. The van der Waals surface area contributed by atoms with E-state index >= 15 is 0 Å². The van der Waals surface area contributed by atoms with E-state index in [-0.39, 0.29) is 5.91 Å². The molecule has 0 atom stereocenters. The largest absolute Gasteiger partial charge is 0.343 e. The average Bonchev–Trinajstić information content (AvgIpc) is 2.20. The van der Waals surface area contributed by atoms with Gasteiger partial charge in [-0.15, -0.1) is 0 Å². The Labute approximate surface area is 101 Å². The third-order valence-electron chi connectivity index (χ3n) is 2.81. The fraction of sp³-hybridized carbons (Fsp3) is 0.929. The lowest BCUT2D eigenvalue weighted by Crippen LogP contribution is -2.33. The Balaban J connectivity index is 3.57. The van der Waals surface area contributed by atoms with Gasteiger partial charge in [0.25, 0.3) is 0 Å². The molecule has 2 heteroatoms. The molecule has 0 bridgehead atoms. The molecular formula is C14H29NO. The molecule has 0 heterocycles. The summed E-state index contributed by atoms with van der Waals surface area (Å²) in [5.74, 6) is 0.797. The van der Waals surface area contributed by atoms with Crippen LogP contribution in [-0.4, -0.2) is 23.9 Å². The molecule has 0 saturated heterocycles. The number of carbonyl (C=O) groups excluding carboxylic acids is 1. The lowest BCUT2D eigenvalue weighted by molar-refractivity contribution is -0.129. The van der Waals surface area contributed by atoms with Gasteiger partial charge in [-0.25, -0.2) is 0 Å². The highest BCUT2D eigenvalue weighted by Gasteiger charge is 2.09.